The highest BCUT2D eigenvalue weighted by molar-refractivity contribution is 6.30. The minimum Gasteiger partial charge on any atom is -0.296 e. The molecule has 0 fully saturated rings. The summed E-state index contributed by atoms with van der Waals surface area (Å²) in [7, 11) is 0. The summed E-state index contributed by atoms with van der Waals surface area (Å²) < 4.78 is 26.6. The molecule has 0 radical (unpaired) electrons. The van der Waals surface area contributed by atoms with Crippen LogP contribution in [0.15, 0.2) is 30.5 Å². The van der Waals surface area contributed by atoms with Crippen molar-refractivity contribution < 1.29 is 13.7 Å². The van der Waals surface area contributed by atoms with E-state index in [1.54, 1.807) is 6.07 Å². The van der Waals surface area contributed by atoms with E-state index in [-0.39, 0.29) is 5.69 Å². The van der Waals surface area contributed by atoms with Crippen LogP contribution in [0.3, 0.4) is 0 Å². The van der Waals surface area contributed by atoms with Crippen LogP contribution in [0.25, 0.3) is 0 Å². The molecule has 1 aromatic carbocycles. The predicted molar refractivity (Wildman–Crippen MR) is 69.5 cm³/mol. The Kier molecular flexibility index (Phi) is 3.94. The Morgan fingerprint density at radius 2 is 1.95 bits per heavy atom. The summed E-state index contributed by atoms with van der Waals surface area (Å²) >= 11 is 5.64. The summed E-state index contributed by atoms with van der Waals surface area (Å²) in [4.78, 5) is 13.5. The molecule has 20 heavy (non-hydrogen) atoms. The van der Waals surface area contributed by atoms with Gasteiger partial charge in [-0.05, 0) is 12.1 Å². The number of rotatable bonds is 4. The first-order chi connectivity index (χ1) is 9.47. The maximum absolute atomic E-state index is 13.5. The topological polar surface area (TPSA) is 80.1 Å². The molecule has 104 valence electrons. The van der Waals surface area contributed by atoms with E-state index in [0.717, 1.165) is 6.07 Å². The van der Waals surface area contributed by atoms with Crippen LogP contribution in [-0.2, 0) is 0 Å². The molecular formula is C11H7ClF2N4O2. The van der Waals surface area contributed by atoms with Crippen molar-refractivity contribution in [3.8, 4) is 0 Å². The molecule has 0 aliphatic rings. The van der Waals surface area contributed by atoms with Crippen molar-refractivity contribution in [2.75, 3.05) is 10.9 Å². The monoisotopic (exact) mass is 300 g/mol. The van der Waals surface area contributed by atoms with Crippen molar-refractivity contribution in [1.29, 1.82) is 0 Å². The van der Waals surface area contributed by atoms with Gasteiger partial charge in [-0.25, -0.2) is 9.37 Å². The van der Waals surface area contributed by atoms with Gasteiger partial charge in [-0.1, -0.05) is 11.6 Å². The normalized spacial score (nSPS) is 10.2. The van der Waals surface area contributed by atoms with Crippen LogP contribution in [0.5, 0.6) is 0 Å². The van der Waals surface area contributed by atoms with Crippen molar-refractivity contribution in [1.82, 2.24) is 4.98 Å². The van der Waals surface area contributed by atoms with E-state index in [2.05, 4.69) is 15.8 Å². The first kappa shape index (κ1) is 13.9. The Balaban J connectivity index is 2.18. The van der Waals surface area contributed by atoms with Crippen LogP contribution in [0, 0.1) is 21.7 Å². The number of aromatic nitrogens is 1. The molecule has 2 N–H and O–H groups in total. The van der Waals surface area contributed by atoms with E-state index in [1.165, 1.54) is 12.3 Å². The molecule has 2 aromatic rings. The van der Waals surface area contributed by atoms with Gasteiger partial charge in [0, 0.05) is 18.3 Å². The quantitative estimate of drug-likeness (QED) is 0.668. The van der Waals surface area contributed by atoms with Gasteiger partial charge in [-0.2, -0.15) is 4.39 Å². The molecule has 0 atom stereocenters. The summed E-state index contributed by atoms with van der Waals surface area (Å²) in [5.41, 5.74) is 3.76. The number of nitrogens with one attached hydrogen (secondary N) is 2. The van der Waals surface area contributed by atoms with Crippen molar-refractivity contribution >= 4 is 28.8 Å². The minimum atomic E-state index is -1.25. The molecule has 0 aliphatic carbocycles. The Bertz CT molecular complexity index is 652. The third-order valence-electron chi connectivity index (χ3n) is 2.29. The second-order valence-electron chi connectivity index (χ2n) is 3.65. The van der Waals surface area contributed by atoms with Gasteiger partial charge in [-0.15, -0.1) is 0 Å². The third kappa shape index (κ3) is 3.09. The smallest absolute Gasteiger partial charge is 0.296 e. The second-order valence-corrected chi connectivity index (χ2v) is 4.09. The number of nitro benzene ring substituents is 1. The summed E-state index contributed by atoms with van der Waals surface area (Å²) in [6.45, 7) is 0. The van der Waals surface area contributed by atoms with Crippen molar-refractivity contribution in [2.45, 2.75) is 0 Å². The molecule has 9 heteroatoms. The lowest BCUT2D eigenvalue weighted by Gasteiger charge is -2.09. The Morgan fingerprint density at radius 3 is 2.55 bits per heavy atom. The molecule has 0 saturated heterocycles. The Morgan fingerprint density at radius 1 is 1.20 bits per heavy atom. The van der Waals surface area contributed by atoms with Gasteiger partial charge in [0.2, 0.25) is 5.82 Å². The number of anilines is 2. The van der Waals surface area contributed by atoms with Crippen LogP contribution in [0.4, 0.5) is 26.0 Å². The fraction of sp³-hybridized carbons (Fsp3) is 0. The maximum Gasteiger partial charge on any atom is 0.307 e. The van der Waals surface area contributed by atoms with Gasteiger partial charge in [0.15, 0.2) is 5.82 Å². The van der Waals surface area contributed by atoms with Crippen LogP contribution in [0.2, 0.25) is 5.02 Å². The number of halogens is 3. The zero-order valence-corrected chi connectivity index (χ0v) is 10.5. The van der Waals surface area contributed by atoms with Crippen molar-refractivity contribution in [2.24, 2.45) is 0 Å². The number of pyridine rings is 1. The molecule has 0 amide bonds. The van der Waals surface area contributed by atoms with E-state index < -0.39 is 22.2 Å². The van der Waals surface area contributed by atoms with Gasteiger partial charge in [-0.3, -0.25) is 21.0 Å². The largest absolute Gasteiger partial charge is 0.307 e. The average molecular weight is 301 g/mol. The number of nitrogens with zero attached hydrogens (tertiary/aromatic N) is 2. The summed E-state index contributed by atoms with van der Waals surface area (Å²) in [6, 6.07) is 4.22. The molecule has 0 bridgehead atoms. The van der Waals surface area contributed by atoms with Gasteiger partial charge in [0.05, 0.1) is 15.6 Å². The van der Waals surface area contributed by atoms with Crippen LogP contribution in [-0.4, -0.2) is 9.91 Å². The van der Waals surface area contributed by atoms with Crippen LogP contribution in [0.1, 0.15) is 0 Å². The minimum absolute atomic E-state index is 0.283. The zero-order chi connectivity index (χ0) is 14.7. The summed E-state index contributed by atoms with van der Waals surface area (Å²) in [5, 5.41) is 11.0. The van der Waals surface area contributed by atoms with E-state index in [0.29, 0.717) is 16.9 Å². The number of hydrazine groups is 1. The first-order valence-corrected chi connectivity index (χ1v) is 5.62. The number of hydrogen-bond acceptors (Lipinski definition) is 5. The lowest BCUT2D eigenvalue weighted by molar-refractivity contribution is -0.387. The number of nitro groups is 1. The molecule has 0 unspecified atom stereocenters. The van der Waals surface area contributed by atoms with E-state index in [4.69, 9.17) is 11.6 Å². The van der Waals surface area contributed by atoms with Gasteiger partial charge in [0.25, 0.3) is 0 Å². The van der Waals surface area contributed by atoms with E-state index in [9.17, 15) is 18.9 Å². The molecule has 1 aromatic heterocycles. The van der Waals surface area contributed by atoms with Crippen molar-refractivity contribution in [3.05, 3.63) is 57.2 Å². The predicted octanol–water partition coefficient (Wildman–Crippen LogP) is 3.36. The Hall–Kier alpha value is -2.48. The lowest BCUT2D eigenvalue weighted by Crippen LogP contribution is -2.11. The molecule has 0 saturated carbocycles. The molecule has 2 rings (SSSR count). The SMILES string of the molecule is O=[N+]([O-])c1cc(NNc2ccc(Cl)cn2)c(F)cc1F. The van der Waals surface area contributed by atoms with E-state index in [1.807, 2.05) is 0 Å². The molecule has 6 nitrogen and oxygen atoms in total. The highest BCUT2D eigenvalue weighted by atomic mass is 35.5. The molecule has 0 aliphatic heterocycles. The first-order valence-electron chi connectivity index (χ1n) is 5.24. The van der Waals surface area contributed by atoms with Crippen LogP contribution < -0.4 is 10.9 Å². The maximum atomic E-state index is 13.5. The highest BCUT2D eigenvalue weighted by Crippen LogP contribution is 2.25. The Labute approximate surface area is 116 Å². The fourth-order valence-electron chi connectivity index (χ4n) is 1.35. The van der Waals surface area contributed by atoms with Crippen molar-refractivity contribution in [3.63, 3.8) is 0 Å². The molecular weight excluding hydrogens is 294 g/mol. The molecule has 0 spiro atoms. The molecule has 1 heterocycles. The van der Waals surface area contributed by atoms with Gasteiger partial charge >= 0.3 is 5.69 Å². The summed E-state index contributed by atoms with van der Waals surface area (Å²) in [6.07, 6.45) is 1.36. The number of hydrogen-bond donors (Lipinski definition) is 2. The second kappa shape index (κ2) is 5.66. The van der Waals surface area contributed by atoms with Crippen LogP contribution >= 0.6 is 11.6 Å². The standard InChI is InChI=1S/C11H7ClF2N4O2/c12-6-1-2-11(15-5-6)17-16-9-4-10(18(19)20)8(14)3-7(9)13/h1-5,16H,(H,15,17). The zero-order valence-electron chi connectivity index (χ0n) is 9.73. The summed E-state index contributed by atoms with van der Waals surface area (Å²) in [5.74, 6) is -1.92. The number of benzene rings is 1. The van der Waals surface area contributed by atoms with Gasteiger partial charge < -0.3 is 0 Å². The van der Waals surface area contributed by atoms with Gasteiger partial charge in [0.1, 0.15) is 5.82 Å². The average Bonchev–Trinajstić information content (AvgIpc) is 2.39. The lowest BCUT2D eigenvalue weighted by atomic mass is 10.2. The fourth-order valence-corrected chi connectivity index (χ4v) is 1.47. The van der Waals surface area contributed by atoms with E-state index >= 15 is 0 Å². The highest BCUT2D eigenvalue weighted by Gasteiger charge is 2.18. The third-order valence-corrected chi connectivity index (χ3v) is 2.51.